The summed E-state index contributed by atoms with van der Waals surface area (Å²) in [7, 11) is 0. The lowest BCUT2D eigenvalue weighted by atomic mass is 10.1. The third kappa shape index (κ3) is 4.91. The molecule has 0 radical (unpaired) electrons. The smallest absolute Gasteiger partial charge is 0.270 e. The minimum atomic E-state index is 0. The third-order valence-electron chi connectivity index (χ3n) is 4.02. The van der Waals surface area contributed by atoms with E-state index in [1.165, 1.54) is 0 Å². The van der Waals surface area contributed by atoms with Crippen LogP contribution < -0.4 is 5.56 Å². The highest BCUT2D eigenvalue weighted by Gasteiger charge is 2.09. The largest absolute Gasteiger partial charge is 0.302 e. The first-order chi connectivity index (χ1) is 10.7. The number of benzene rings is 1. The van der Waals surface area contributed by atoms with E-state index in [1.807, 2.05) is 43.3 Å². The van der Waals surface area contributed by atoms with E-state index in [0.29, 0.717) is 6.54 Å². The highest BCUT2D eigenvalue weighted by molar-refractivity contribution is 5.85. The Morgan fingerprint density at radius 2 is 1.74 bits per heavy atom. The summed E-state index contributed by atoms with van der Waals surface area (Å²) in [5.74, 6) is 0. The SMILES string of the molecule is CCc1cc(-c2ccccc2)nn(CCN(CC)CC)c1=O.Cl. The van der Waals surface area contributed by atoms with Crippen LogP contribution in [-0.2, 0) is 13.0 Å². The van der Waals surface area contributed by atoms with Crippen molar-refractivity contribution in [2.45, 2.75) is 33.7 Å². The number of halogens is 1. The summed E-state index contributed by atoms with van der Waals surface area (Å²) < 4.78 is 1.62. The Labute approximate surface area is 144 Å². The molecule has 5 heteroatoms. The van der Waals surface area contributed by atoms with Gasteiger partial charge in [-0.2, -0.15) is 5.10 Å². The molecule has 0 atom stereocenters. The number of rotatable bonds is 7. The van der Waals surface area contributed by atoms with E-state index in [9.17, 15) is 4.79 Å². The predicted molar refractivity (Wildman–Crippen MR) is 98.3 cm³/mol. The Bertz CT molecular complexity index is 651. The van der Waals surface area contributed by atoms with Gasteiger partial charge in [0, 0.05) is 17.7 Å². The molecule has 0 spiro atoms. The van der Waals surface area contributed by atoms with Crippen molar-refractivity contribution in [3.63, 3.8) is 0 Å². The summed E-state index contributed by atoms with van der Waals surface area (Å²) in [6.07, 6.45) is 0.729. The minimum absolute atomic E-state index is 0. The van der Waals surface area contributed by atoms with E-state index in [0.717, 1.165) is 42.9 Å². The van der Waals surface area contributed by atoms with Gasteiger partial charge in [0.05, 0.1) is 12.2 Å². The monoisotopic (exact) mass is 335 g/mol. The molecule has 0 bridgehead atoms. The summed E-state index contributed by atoms with van der Waals surface area (Å²) in [5.41, 5.74) is 2.79. The van der Waals surface area contributed by atoms with Gasteiger partial charge in [-0.1, -0.05) is 51.1 Å². The quantitative estimate of drug-likeness (QED) is 0.779. The van der Waals surface area contributed by atoms with E-state index in [4.69, 9.17) is 0 Å². The zero-order valence-corrected chi connectivity index (χ0v) is 15.0. The number of hydrogen-bond donors (Lipinski definition) is 0. The predicted octanol–water partition coefficient (Wildman–Crippen LogP) is 3.24. The van der Waals surface area contributed by atoms with Crippen LogP contribution in [0.5, 0.6) is 0 Å². The van der Waals surface area contributed by atoms with Crippen LogP contribution in [-0.4, -0.2) is 34.3 Å². The zero-order chi connectivity index (χ0) is 15.9. The fraction of sp³-hybridized carbons (Fsp3) is 0.444. The van der Waals surface area contributed by atoms with Crippen LogP contribution in [0.2, 0.25) is 0 Å². The first-order valence-electron chi connectivity index (χ1n) is 8.08. The maximum Gasteiger partial charge on any atom is 0.270 e. The maximum absolute atomic E-state index is 12.5. The van der Waals surface area contributed by atoms with Crippen LogP contribution in [0.4, 0.5) is 0 Å². The van der Waals surface area contributed by atoms with Crippen molar-refractivity contribution < 1.29 is 0 Å². The summed E-state index contributed by atoms with van der Waals surface area (Å²) in [5, 5.41) is 4.57. The maximum atomic E-state index is 12.5. The van der Waals surface area contributed by atoms with Crippen LogP contribution in [0.25, 0.3) is 11.3 Å². The van der Waals surface area contributed by atoms with Crippen LogP contribution in [0.15, 0.2) is 41.2 Å². The first-order valence-corrected chi connectivity index (χ1v) is 8.08. The average molecular weight is 336 g/mol. The molecule has 1 heterocycles. The molecule has 0 aliphatic rings. The molecule has 0 unspecified atom stereocenters. The molecule has 23 heavy (non-hydrogen) atoms. The zero-order valence-electron chi connectivity index (χ0n) is 14.2. The van der Waals surface area contributed by atoms with E-state index in [1.54, 1.807) is 4.68 Å². The molecular formula is C18H26ClN3O. The normalized spacial score (nSPS) is 10.6. The lowest BCUT2D eigenvalue weighted by Crippen LogP contribution is -2.33. The summed E-state index contributed by atoms with van der Waals surface area (Å²) in [6.45, 7) is 9.75. The highest BCUT2D eigenvalue weighted by atomic mass is 35.5. The van der Waals surface area contributed by atoms with Crippen molar-refractivity contribution in [3.05, 3.63) is 52.3 Å². The Balaban J connectivity index is 0.00000264. The first kappa shape index (κ1) is 19.4. The summed E-state index contributed by atoms with van der Waals surface area (Å²) in [4.78, 5) is 14.8. The molecule has 0 fully saturated rings. The van der Waals surface area contributed by atoms with Crippen molar-refractivity contribution in [1.29, 1.82) is 0 Å². The second-order valence-corrected chi connectivity index (χ2v) is 5.33. The van der Waals surface area contributed by atoms with Crippen LogP contribution >= 0.6 is 12.4 Å². The molecule has 0 saturated heterocycles. The molecule has 126 valence electrons. The molecule has 2 aromatic rings. The van der Waals surface area contributed by atoms with Gasteiger partial charge < -0.3 is 4.90 Å². The molecule has 1 aromatic heterocycles. The second kappa shape index (κ2) is 9.48. The number of nitrogens with zero attached hydrogens (tertiary/aromatic N) is 3. The molecule has 0 saturated carbocycles. The lowest BCUT2D eigenvalue weighted by molar-refractivity contribution is 0.282. The van der Waals surface area contributed by atoms with Crippen LogP contribution in [0.3, 0.4) is 0 Å². The number of aromatic nitrogens is 2. The fourth-order valence-corrected chi connectivity index (χ4v) is 2.53. The summed E-state index contributed by atoms with van der Waals surface area (Å²) in [6, 6.07) is 12.0. The second-order valence-electron chi connectivity index (χ2n) is 5.33. The van der Waals surface area contributed by atoms with Gasteiger partial charge in [0.15, 0.2) is 0 Å². The Morgan fingerprint density at radius 1 is 1.09 bits per heavy atom. The van der Waals surface area contributed by atoms with Crippen LogP contribution in [0, 0.1) is 0 Å². The molecule has 4 nitrogen and oxygen atoms in total. The van der Waals surface area contributed by atoms with Gasteiger partial charge >= 0.3 is 0 Å². The van der Waals surface area contributed by atoms with E-state index in [2.05, 4.69) is 23.8 Å². The average Bonchev–Trinajstić information content (AvgIpc) is 2.57. The van der Waals surface area contributed by atoms with E-state index < -0.39 is 0 Å². The number of likely N-dealkylation sites (N-methyl/N-ethyl adjacent to an activating group) is 1. The standard InChI is InChI=1S/C18H25N3O.ClH/c1-4-15-14-17(16-10-8-7-9-11-16)19-21(18(15)22)13-12-20(5-2)6-3;/h7-11,14H,4-6,12-13H2,1-3H3;1H. The van der Waals surface area contributed by atoms with Crippen molar-refractivity contribution in [2.24, 2.45) is 0 Å². The summed E-state index contributed by atoms with van der Waals surface area (Å²) >= 11 is 0. The Morgan fingerprint density at radius 3 is 2.30 bits per heavy atom. The van der Waals surface area contributed by atoms with Crippen molar-refractivity contribution >= 4 is 12.4 Å². The molecule has 0 amide bonds. The third-order valence-corrected chi connectivity index (χ3v) is 4.02. The van der Waals surface area contributed by atoms with Crippen molar-refractivity contribution in [2.75, 3.05) is 19.6 Å². The Hall–Kier alpha value is -1.65. The molecule has 2 rings (SSSR count). The van der Waals surface area contributed by atoms with Gasteiger partial charge in [0.1, 0.15) is 0 Å². The van der Waals surface area contributed by atoms with Crippen molar-refractivity contribution in [3.8, 4) is 11.3 Å². The van der Waals surface area contributed by atoms with Gasteiger partial charge in [0.25, 0.3) is 5.56 Å². The number of aryl methyl sites for hydroxylation is 1. The van der Waals surface area contributed by atoms with E-state index >= 15 is 0 Å². The van der Waals surface area contributed by atoms with E-state index in [-0.39, 0.29) is 18.0 Å². The fourth-order valence-electron chi connectivity index (χ4n) is 2.53. The minimum Gasteiger partial charge on any atom is -0.302 e. The Kier molecular flexibility index (Phi) is 8.00. The van der Waals surface area contributed by atoms with Crippen molar-refractivity contribution in [1.82, 2.24) is 14.7 Å². The van der Waals surface area contributed by atoms with Gasteiger partial charge in [-0.15, -0.1) is 12.4 Å². The van der Waals surface area contributed by atoms with Gasteiger partial charge in [0.2, 0.25) is 0 Å². The molecule has 0 aliphatic heterocycles. The van der Waals surface area contributed by atoms with Crippen LogP contribution in [0.1, 0.15) is 26.3 Å². The molecule has 0 N–H and O–H groups in total. The van der Waals surface area contributed by atoms with Gasteiger partial charge in [-0.25, -0.2) is 4.68 Å². The highest BCUT2D eigenvalue weighted by Crippen LogP contribution is 2.16. The molecule has 0 aliphatic carbocycles. The van der Waals surface area contributed by atoms with Gasteiger partial charge in [-0.3, -0.25) is 4.79 Å². The lowest BCUT2D eigenvalue weighted by Gasteiger charge is -2.18. The topological polar surface area (TPSA) is 38.1 Å². The molecular weight excluding hydrogens is 310 g/mol. The number of hydrogen-bond acceptors (Lipinski definition) is 3. The van der Waals surface area contributed by atoms with Gasteiger partial charge in [-0.05, 0) is 25.6 Å². The molecule has 1 aromatic carbocycles.